The van der Waals surface area contributed by atoms with Crippen molar-refractivity contribution in [3.63, 3.8) is 0 Å². The molecule has 2 aromatic rings. The van der Waals surface area contributed by atoms with Crippen molar-refractivity contribution in [3.8, 4) is 0 Å². The molecule has 1 aliphatic rings. The van der Waals surface area contributed by atoms with Crippen LogP contribution in [-0.2, 0) is 19.6 Å². The van der Waals surface area contributed by atoms with Gasteiger partial charge in [0.25, 0.3) is 0 Å². The Morgan fingerprint density at radius 2 is 1.65 bits per heavy atom. The molecule has 1 atom stereocenters. The van der Waals surface area contributed by atoms with E-state index < -0.39 is 16.1 Å². The fraction of sp³-hybridized carbons (Fsp3) is 0.391. The van der Waals surface area contributed by atoms with Crippen molar-refractivity contribution >= 4 is 33.2 Å². The molecule has 1 saturated heterocycles. The van der Waals surface area contributed by atoms with Crippen LogP contribution in [-0.4, -0.2) is 37.1 Å². The molecule has 7 nitrogen and oxygen atoms in total. The second kappa shape index (κ2) is 9.20. The standard InChI is InChI=1S/C23H29N3O4S/c1-5-21(27)24-18-8-6-9-19(14-18)25-23(28)20-10-7-11-26(20)31(29,30)22-16(3)12-15(2)13-17(22)4/h6,8-9,12-14,20H,5,7,10-11H2,1-4H3,(H,24,27)(H,25,28). The van der Waals surface area contributed by atoms with E-state index in [9.17, 15) is 18.0 Å². The molecule has 31 heavy (non-hydrogen) atoms. The molecule has 3 rings (SSSR count). The Kier molecular flexibility index (Phi) is 6.81. The van der Waals surface area contributed by atoms with E-state index in [0.29, 0.717) is 48.3 Å². The number of hydrogen-bond donors (Lipinski definition) is 2. The number of carbonyl (C=O) groups excluding carboxylic acids is 2. The quantitative estimate of drug-likeness (QED) is 0.711. The highest BCUT2D eigenvalue weighted by Crippen LogP contribution is 2.31. The van der Waals surface area contributed by atoms with E-state index in [2.05, 4.69) is 10.6 Å². The van der Waals surface area contributed by atoms with Crippen LogP contribution in [0.5, 0.6) is 0 Å². The molecule has 0 aliphatic carbocycles. The van der Waals surface area contributed by atoms with Crippen molar-refractivity contribution in [1.29, 1.82) is 0 Å². The Labute approximate surface area is 183 Å². The maximum atomic E-state index is 13.5. The van der Waals surface area contributed by atoms with Crippen molar-refractivity contribution in [3.05, 3.63) is 53.1 Å². The molecule has 2 aromatic carbocycles. The predicted octanol–water partition coefficient (Wildman–Crippen LogP) is 3.75. The van der Waals surface area contributed by atoms with Crippen LogP contribution >= 0.6 is 0 Å². The van der Waals surface area contributed by atoms with Crippen LogP contribution < -0.4 is 10.6 Å². The number of benzene rings is 2. The lowest BCUT2D eigenvalue weighted by atomic mass is 10.1. The summed E-state index contributed by atoms with van der Waals surface area (Å²) in [4.78, 5) is 24.9. The third-order valence-corrected chi connectivity index (χ3v) is 7.63. The largest absolute Gasteiger partial charge is 0.326 e. The molecule has 2 amide bonds. The summed E-state index contributed by atoms with van der Waals surface area (Å²) < 4.78 is 28.2. The Hall–Kier alpha value is -2.71. The minimum Gasteiger partial charge on any atom is -0.326 e. The zero-order valence-corrected chi connectivity index (χ0v) is 19.2. The maximum Gasteiger partial charge on any atom is 0.244 e. The normalized spacial score (nSPS) is 16.8. The van der Waals surface area contributed by atoms with Gasteiger partial charge in [-0.25, -0.2) is 8.42 Å². The summed E-state index contributed by atoms with van der Waals surface area (Å²) in [7, 11) is -3.82. The summed E-state index contributed by atoms with van der Waals surface area (Å²) in [6.07, 6.45) is 1.43. The summed E-state index contributed by atoms with van der Waals surface area (Å²) in [5.74, 6) is -0.497. The van der Waals surface area contributed by atoms with Gasteiger partial charge in [-0.1, -0.05) is 30.7 Å². The number of sulfonamides is 1. The molecule has 0 bridgehead atoms. The molecule has 166 valence electrons. The first-order chi connectivity index (χ1) is 14.6. The predicted molar refractivity (Wildman–Crippen MR) is 122 cm³/mol. The van der Waals surface area contributed by atoms with Crippen LogP contribution in [0.4, 0.5) is 11.4 Å². The number of carbonyl (C=O) groups is 2. The van der Waals surface area contributed by atoms with Crippen molar-refractivity contribution in [2.45, 2.75) is 57.9 Å². The molecule has 2 N–H and O–H groups in total. The number of amides is 2. The number of nitrogens with one attached hydrogen (secondary N) is 2. The molecule has 0 radical (unpaired) electrons. The fourth-order valence-corrected chi connectivity index (χ4v) is 6.20. The van der Waals surface area contributed by atoms with Gasteiger partial charge < -0.3 is 10.6 Å². The maximum absolute atomic E-state index is 13.5. The number of aryl methyl sites for hydroxylation is 3. The van der Waals surface area contributed by atoms with Crippen LogP contribution in [0.2, 0.25) is 0 Å². The molecule has 1 heterocycles. The average molecular weight is 444 g/mol. The van der Waals surface area contributed by atoms with Gasteiger partial charge in [-0.3, -0.25) is 9.59 Å². The van der Waals surface area contributed by atoms with Gasteiger partial charge in [-0.2, -0.15) is 4.31 Å². The molecule has 1 unspecified atom stereocenters. The van der Waals surface area contributed by atoms with Crippen LogP contribution in [0.15, 0.2) is 41.3 Å². The van der Waals surface area contributed by atoms with E-state index in [1.807, 2.05) is 19.1 Å². The molecule has 1 fully saturated rings. The lowest BCUT2D eigenvalue weighted by Gasteiger charge is -2.25. The second-order valence-corrected chi connectivity index (χ2v) is 9.80. The van der Waals surface area contributed by atoms with Crippen molar-refractivity contribution < 1.29 is 18.0 Å². The summed E-state index contributed by atoms with van der Waals surface area (Å²) in [6.45, 7) is 7.56. The zero-order chi connectivity index (χ0) is 22.8. The highest BCUT2D eigenvalue weighted by atomic mass is 32.2. The second-order valence-electron chi connectivity index (χ2n) is 7.97. The monoisotopic (exact) mass is 443 g/mol. The van der Waals surface area contributed by atoms with E-state index in [1.165, 1.54) is 4.31 Å². The first-order valence-electron chi connectivity index (χ1n) is 10.4. The van der Waals surface area contributed by atoms with Gasteiger partial charge in [0, 0.05) is 24.3 Å². The molecular weight excluding hydrogens is 414 g/mol. The van der Waals surface area contributed by atoms with Gasteiger partial charge in [0.2, 0.25) is 21.8 Å². The van der Waals surface area contributed by atoms with Gasteiger partial charge in [-0.05, 0) is 62.9 Å². The number of nitrogens with zero attached hydrogens (tertiary/aromatic N) is 1. The van der Waals surface area contributed by atoms with Crippen LogP contribution in [0.3, 0.4) is 0 Å². The van der Waals surface area contributed by atoms with E-state index in [4.69, 9.17) is 0 Å². The van der Waals surface area contributed by atoms with Crippen molar-refractivity contribution in [1.82, 2.24) is 4.31 Å². The number of hydrogen-bond acceptors (Lipinski definition) is 4. The summed E-state index contributed by atoms with van der Waals surface area (Å²) in [5, 5.41) is 5.56. The molecule has 0 aromatic heterocycles. The highest BCUT2D eigenvalue weighted by Gasteiger charge is 2.40. The zero-order valence-electron chi connectivity index (χ0n) is 18.4. The van der Waals surface area contributed by atoms with Crippen molar-refractivity contribution in [2.75, 3.05) is 17.2 Å². The van der Waals surface area contributed by atoms with Crippen LogP contribution in [0.25, 0.3) is 0 Å². The van der Waals surface area contributed by atoms with E-state index in [0.717, 1.165) is 5.56 Å². The minimum absolute atomic E-state index is 0.125. The van der Waals surface area contributed by atoms with Crippen LogP contribution in [0.1, 0.15) is 42.9 Å². The van der Waals surface area contributed by atoms with E-state index in [1.54, 1.807) is 45.0 Å². The van der Waals surface area contributed by atoms with Gasteiger partial charge in [0.05, 0.1) is 4.90 Å². The van der Waals surface area contributed by atoms with E-state index in [-0.39, 0.29) is 16.7 Å². The fourth-order valence-electron chi connectivity index (χ4n) is 4.13. The number of rotatable bonds is 6. The average Bonchev–Trinajstić information content (AvgIpc) is 3.18. The summed E-state index contributed by atoms with van der Waals surface area (Å²) >= 11 is 0. The SMILES string of the molecule is CCC(=O)Nc1cccc(NC(=O)C2CCCN2S(=O)(=O)c2c(C)cc(C)cc2C)c1. The Bertz CT molecular complexity index is 1090. The Morgan fingerprint density at radius 1 is 1.03 bits per heavy atom. The van der Waals surface area contributed by atoms with Gasteiger partial charge in [0.15, 0.2) is 0 Å². The first-order valence-corrected chi connectivity index (χ1v) is 11.9. The van der Waals surface area contributed by atoms with Gasteiger partial charge >= 0.3 is 0 Å². The van der Waals surface area contributed by atoms with Crippen molar-refractivity contribution in [2.24, 2.45) is 0 Å². The minimum atomic E-state index is -3.82. The summed E-state index contributed by atoms with van der Waals surface area (Å²) in [6, 6.07) is 9.75. The lowest BCUT2D eigenvalue weighted by molar-refractivity contribution is -0.119. The highest BCUT2D eigenvalue weighted by molar-refractivity contribution is 7.89. The number of anilines is 2. The smallest absolute Gasteiger partial charge is 0.244 e. The first kappa shape index (κ1) is 23.0. The lowest BCUT2D eigenvalue weighted by Crippen LogP contribution is -2.43. The summed E-state index contributed by atoms with van der Waals surface area (Å²) in [5.41, 5.74) is 3.45. The Morgan fingerprint density at radius 3 is 2.26 bits per heavy atom. The molecular formula is C23H29N3O4S. The topological polar surface area (TPSA) is 95.6 Å². The van der Waals surface area contributed by atoms with Gasteiger partial charge in [0.1, 0.15) is 6.04 Å². The Balaban J connectivity index is 1.83. The molecule has 1 aliphatic heterocycles. The molecule has 8 heteroatoms. The molecule has 0 spiro atoms. The molecule has 0 saturated carbocycles. The third kappa shape index (κ3) is 4.97. The van der Waals surface area contributed by atoms with Crippen LogP contribution in [0, 0.1) is 20.8 Å². The van der Waals surface area contributed by atoms with E-state index >= 15 is 0 Å². The third-order valence-electron chi connectivity index (χ3n) is 5.41. The van der Waals surface area contributed by atoms with Gasteiger partial charge in [-0.15, -0.1) is 0 Å².